The number of methoxy groups -OCH3 is 3. The number of nitrogens with two attached hydrogens (primary N) is 1. The molecule has 4 rings (SSSR count). The second-order valence-corrected chi connectivity index (χ2v) is 6.58. The van der Waals surface area contributed by atoms with Crippen LogP contribution in [0.3, 0.4) is 0 Å². The summed E-state index contributed by atoms with van der Waals surface area (Å²) in [6.45, 7) is 0. The minimum absolute atomic E-state index is 0.0145. The monoisotopic (exact) mass is 404 g/mol. The first-order valence-corrected chi connectivity index (χ1v) is 9.13. The Morgan fingerprint density at radius 3 is 2.37 bits per heavy atom. The highest BCUT2D eigenvalue weighted by Gasteiger charge is 2.37. The van der Waals surface area contributed by atoms with Crippen LogP contribution in [0.25, 0.3) is 11.3 Å². The molecule has 1 aliphatic heterocycles. The van der Waals surface area contributed by atoms with Crippen molar-refractivity contribution in [1.82, 2.24) is 10.2 Å². The Morgan fingerprint density at radius 1 is 1.03 bits per heavy atom. The highest BCUT2D eigenvalue weighted by molar-refractivity contribution is 5.72. The van der Waals surface area contributed by atoms with E-state index in [0.29, 0.717) is 22.9 Å². The third kappa shape index (κ3) is 3.06. The molecule has 30 heavy (non-hydrogen) atoms. The molecule has 0 bridgehead atoms. The largest absolute Gasteiger partial charge is 0.497 e. The van der Waals surface area contributed by atoms with Crippen molar-refractivity contribution in [3.63, 3.8) is 0 Å². The molecule has 0 saturated carbocycles. The van der Waals surface area contributed by atoms with Gasteiger partial charge in [-0.3, -0.25) is 5.10 Å². The zero-order valence-corrected chi connectivity index (χ0v) is 16.7. The summed E-state index contributed by atoms with van der Waals surface area (Å²) in [5.74, 6) is 1.74. The first-order valence-electron chi connectivity index (χ1n) is 9.13. The van der Waals surface area contributed by atoms with Crippen molar-refractivity contribution in [3.05, 3.63) is 65.0 Å². The number of hydrogen-bond acceptors (Lipinski definition) is 7. The van der Waals surface area contributed by atoms with Crippen LogP contribution in [-0.4, -0.2) is 31.5 Å². The molecule has 2 heterocycles. The Labute approximate surface area is 173 Å². The average molecular weight is 404 g/mol. The van der Waals surface area contributed by atoms with Gasteiger partial charge in [0.2, 0.25) is 11.8 Å². The van der Waals surface area contributed by atoms with Crippen molar-refractivity contribution in [3.8, 4) is 40.5 Å². The number of nitriles is 1. The van der Waals surface area contributed by atoms with Crippen LogP contribution >= 0.6 is 0 Å². The predicted molar refractivity (Wildman–Crippen MR) is 109 cm³/mol. The Hall–Kier alpha value is -4.12. The van der Waals surface area contributed by atoms with Gasteiger partial charge >= 0.3 is 0 Å². The summed E-state index contributed by atoms with van der Waals surface area (Å²) in [5.41, 5.74) is 9.38. The van der Waals surface area contributed by atoms with E-state index in [1.807, 2.05) is 36.4 Å². The fourth-order valence-corrected chi connectivity index (χ4v) is 3.59. The highest BCUT2D eigenvalue weighted by atomic mass is 16.5. The van der Waals surface area contributed by atoms with E-state index in [9.17, 15) is 5.26 Å². The topological polar surface area (TPSA) is 115 Å². The molecule has 1 unspecified atom stereocenters. The second kappa shape index (κ2) is 7.72. The van der Waals surface area contributed by atoms with Gasteiger partial charge in [0.25, 0.3) is 0 Å². The van der Waals surface area contributed by atoms with Crippen molar-refractivity contribution < 1.29 is 18.9 Å². The molecule has 0 amide bonds. The van der Waals surface area contributed by atoms with E-state index >= 15 is 0 Å². The lowest BCUT2D eigenvalue weighted by molar-refractivity contribution is 0.373. The summed E-state index contributed by atoms with van der Waals surface area (Å²) < 4.78 is 21.8. The number of aromatic amines is 1. The van der Waals surface area contributed by atoms with E-state index in [4.69, 9.17) is 24.7 Å². The lowest BCUT2D eigenvalue weighted by atomic mass is 9.82. The van der Waals surface area contributed by atoms with Gasteiger partial charge in [0, 0.05) is 17.2 Å². The smallest absolute Gasteiger partial charge is 0.244 e. The van der Waals surface area contributed by atoms with Crippen LogP contribution in [-0.2, 0) is 0 Å². The fraction of sp³-hybridized carbons (Fsp3) is 0.182. The van der Waals surface area contributed by atoms with Crippen LogP contribution in [0.15, 0.2) is 53.9 Å². The number of nitrogens with zero attached hydrogens (tertiary/aromatic N) is 2. The van der Waals surface area contributed by atoms with Gasteiger partial charge in [-0.1, -0.05) is 6.07 Å². The van der Waals surface area contributed by atoms with Crippen molar-refractivity contribution >= 4 is 0 Å². The SMILES string of the molecule is COc1ccc(-c2[nH]nc3c2C(c2ccc(OC)cc2OC)C(C#N)=C(N)O3)cc1. The molecular formula is C22H20N4O4. The van der Waals surface area contributed by atoms with Crippen molar-refractivity contribution in [1.29, 1.82) is 5.26 Å². The highest BCUT2D eigenvalue weighted by Crippen LogP contribution is 2.48. The van der Waals surface area contributed by atoms with Crippen LogP contribution < -0.4 is 24.7 Å². The number of allylic oxidation sites excluding steroid dienone is 1. The summed E-state index contributed by atoms with van der Waals surface area (Å²) in [6.07, 6.45) is 0. The lowest BCUT2D eigenvalue weighted by Crippen LogP contribution is -2.21. The molecular weight excluding hydrogens is 384 g/mol. The van der Waals surface area contributed by atoms with E-state index in [1.165, 1.54) is 0 Å². The molecule has 8 nitrogen and oxygen atoms in total. The van der Waals surface area contributed by atoms with Crippen LogP contribution in [0.4, 0.5) is 0 Å². The summed E-state index contributed by atoms with van der Waals surface area (Å²) in [6, 6.07) is 15.1. The van der Waals surface area contributed by atoms with E-state index in [1.54, 1.807) is 27.4 Å². The molecule has 0 saturated heterocycles. The molecule has 0 fully saturated rings. The maximum atomic E-state index is 9.87. The number of H-pyrrole nitrogens is 1. The fourth-order valence-electron chi connectivity index (χ4n) is 3.59. The molecule has 2 aromatic carbocycles. The Balaban J connectivity index is 1.93. The van der Waals surface area contributed by atoms with Crippen LogP contribution in [0.2, 0.25) is 0 Å². The molecule has 3 aromatic rings. The van der Waals surface area contributed by atoms with E-state index in [0.717, 1.165) is 22.6 Å². The Morgan fingerprint density at radius 2 is 1.73 bits per heavy atom. The van der Waals surface area contributed by atoms with Crippen LogP contribution in [0.5, 0.6) is 23.1 Å². The average Bonchev–Trinajstić information content (AvgIpc) is 3.21. The standard InChI is InChI=1S/C22H20N4O4/c1-27-13-6-4-12(5-7-13)20-19-18(15-9-8-14(28-2)10-17(15)29-3)16(11-23)21(24)30-22(19)26-25-20/h4-10,18H,24H2,1-3H3,(H,25,26). The van der Waals surface area contributed by atoms with Gasteiger partial charge in [-0.05, 0) is 30.3 Å². The number of benzene rings is 2. The predicted octanol–water partition coefficient (Wildman–Crippen LogP) is 3.32. The lowest BCUT2D eigenvalue weighted by Gasteiger charge is -2.25. The maximum absolute atomic E-state index is 9.87. The van der Waals surface area contributed by atoms with Crippen molar-refractivity contribution in [2.24, 2.45) is 5.73 Å². The third-order valence-corrected chi connectivity index (χ3v) is 5.07. The Bertz CT molecular complexity index is 1160. The molecule has 0 radical (unpaired) electrons. The molecule has 3 N–H and O–H groups in total. The number of fused-ring (bicyclic) bond motifs is 1. The number of aromatic nitrogens is 2. The summed E-state index contributed by atoms with van der Waals surface area (Å²) in [7, 11) is 4.76. The maximum Gasteiger partial charge on any atom is 0.244 e. The van der Waals surface area contributed by atoms with Crippen molar-refractivity contribution in [2.75, 3.05) is 21.3 Å². The first-order chi connectivity index (χ1) is 14.6. The molecule has 0 spiro atoms. The zero-order chi connectivity index (χ0) is 21.3. The minimum atomic E-state index is -0.532. The summed E-state index contributed by atoms with van der Waals surface area (Å²) in [5, 5.41) is 17.2. The number of rotatable bonds is 5. The molecule has 152 valence electrons. The number of hydrogen-bond donors (Lipinski definition) is 2. The number of ether oxygens (including phenoxy) is 4. The van der Waals surface area contributed by atoms with Gasteiger partial charge in [0.15, 0.2) is 0 Å². The van der Waals surface area contributed by atoms with Gasteiger partial charge in [0.05, 0.1) is 38.5 Å². The van der Waals surface area contributed by atoms with Gasteiger partial charge in [0.1, 0.15) is 28.9 Å². The molecule has 1 aromatic heterocycles. The van der Waals surface area contributed by atoms with E-state index in [2.05, 4.69) is 16.3 Å². The van der Waals surface area contributed by atoms with Gasteiger partial charge in [-0.15, -0.1) is 5.10 Å². The van der Waals surface area contributed by atoms with Crippen molar-refractivity contribution in [2.45, 2.75) is 5.92 Å². The molecule has 1 atom stereocenters. The van der Waals surface area contributed by atoms with Crippen LogP contribution in [0.1, 0.15) is 17.0 Å². The summed E-state index contributed by atoms with van der Waals surface area (Å²) in [4.78, 5) is 0. The minimum Gasteiger partial charge on any atom is -0.497 e. The summed E-state index contributed by atoms with van der Waals surface area (Å²) >= 11 is 0. The Kier molecular flexibility index (Phi) is 4.94. The zero-order valence-electron chi connectivity index (χ0n) is 16.7. The van der Waals surface area contributed by atoms with Gasteiger partial charge in [-0.2, -0.15) is 5.26 Å². The first kappa shape index (κ1) is 19.2. The van der Waals surface area contributed by atoms with Gasteiger partial charge < -0.3 is 24.7 Å². The number of nitrogens with one attached hydrogen (secondary N) is 1. The molecule has 1 aliphatic rings. The molecule has 0 aliphatic carbocycles. The van der Waals surface area contributed by atoms with E-state index < -0.39 is 5.92 Å². The van der Waals surface area contributed by atoms with Gasteiger partial charge in [-0.25, -0.2) is 0 Å². The quantitative estimate of drug-likeness (QED) is 0.670. The second-order valence-electron chi connectivity index (χ2n) is 6.58. The van der Waals surface area contributed by atoms with E-state index in [-0.39, 0.29) is 11.5 Å². The normalized spacial score (nSPS) is 15.1. The van der Waals surface area contributed by atoms with Crippen LogP contribution in [0, 0.1) is 11.3 Å². The third-order valence-electron chi connectivity index (χ3n) is 5.07. The molecule has 8 heteroatoms.